The summed E-state index contributed by atoms with van der Waals surface area (Å²) in [4.78, 5) is 21.8. The van der Waals surface area contributed by atoms with Gasteiger partial charge in [-0.1, -0.05) is 12.1 Å². The third-order valence-corrected chi connectivity index (χ3v) is 2.68. The molecule has 2 atom stereocenters. The fourth-order valence-corrected chi connectivity index (χ4v) is 1.41. The maximum Gasteiger partial charge on any atom is 0.276 e. The molecule has 4 N–H and O–H groups in total. The Balaban J connectivity index is 2.64. The minimum absolute atomic E-state index is 0.0720. The number of carbonyl (C=O) groups is 1. The van der Waals surface area contributed by atoms with Crippen molar-refractivity contribution < 1.29 is 14.8 Å². The van der Waals surface area contributed by atoms with Crippen molar-refractivity contribution in [2.45, 2.75) is 19.1 Å². The molecule has 0 aromatic heterocycles. The van der Waals surface area contributed by atoms with Gasteiger partial charge in [0, 0.05) is 24.7 Å². The van der Waals surface area contributed by atoms with E-state index in [4.69, 9.17) is 10.8 Å². The zero-order chi connectivity index (χ0) is 15.1. The number of hydrogen-bond acceptors (Lipinski definition) is 5. The maximum absolute atomic E-state index is 11.5. The van der Waals surface area contributed by atoms with E-state index in [-0.39, 0.29) is 12.2 Å². The van der Waals surface area contributed by atoms with Crippen LogP contribution in [0.25, 0.3) is 6.08 Å². The van der Waals surface area contributed by atoms with Crippen LogP contribution in [0.3, 0.4) is 0 Å². The molecule has 0 aliphatic carbocycles. The van der Waals surface area contributed by atoms with E-state index in [9.17, 15) is 14.9 Å². The molecule has 0 saturated heterocycles. The molecular weight excluding hydrogens is 262 g/mol. The number of nitro groups is 1. The van der Waals surface area contributed by atoms with Crippen LogP contribution in [0.15, 0.2) is 30.3 Å². The number of para-hydroxylation sites is 1. The van der Waals surface area contributed by atoms with Crippen LogP contribution >= 0.6 is 0 Å². The minimum atomic E-state index is -0.727. The summed E-state index contributed by atoms with van der Waals surface area (Å²) >= 11 is 0. The van der Waals surface area contributed by atoms with Crippen LogP contribution in [-0.4, -0.2) is 34.6 Å². The van der Waals surface area contributed by atoms with Crippen LogP contribution in [0.5, 0.6) is 0 Å². The van der Waals surface area contributed by atoms with Gasteiger partial charge in [0.05, 0.1) is 16.6 Å². The lowest BCUT2D eigenvalue weighted by Gasteiger charge is -2.14. The third-order valence-electron chi connectivity index (χ3n) is 2.68. The lowest BCUT2D eigenvalue weighted by atomic mass is 10.1. The van der Waals surface area contributed by atoms with Crippen molar-refractivity contribution in [1.82, 2.24) is 5.32 Å². The number of aliphatic hydroxyl groups is 1. The normalized spacial score (nSPS) is 13.9. The van der Waals surface area contributed by atoms with Gasteiger partial charge < -0.3 is 16.2 Å². The van der Waals surface area contributed by atoms with E-state index in [2.05, 4.69) is 5.32 Å². The van der Waals surface area contributed by atoms with Gasteiger partial charge in [0.2, 0.25) is 5.91 Å². The average Bonchev–Trinajstić information content (AvgIpc) is 2.42. The predicted octanol–water partition coefficient (Wildman–Crippen LogP) is 0.432. The molecule has 1 rings (SSSR count). The minimum Gasteiger partial charge on any atom is -0.392 e. The second-order valence-electron chi connectivity index (χ2n) is 4.30. The summed E-state index contributed by atoms with van der Waals surface area (Å²) in [5, 5.41) is 22.5. The van der Waals surface area contributed by atoms with Gasteiger partial charge in [-0.3, -0.25) is 14.9 Å². The van der Waals surface area contributed by atoms with Crippen LogP contribution in [-0.2, 0) is 4.79 Å². The van der Waals surface area contributed by atoms with Crippen molar-refractivity contribution in [3.05, 3.63) is 46.0 Å². The molecule has 0 spiro atoms. The number of benzene rings is 1. The highest BCUT2D eigenvalue weighted by Gasteiger charge is 2.11. The Morgan fingerprint density at radius 1 is 1.55 bits per heavy atom. The van der Waals surface area contributed by atoms with Gasteiger partial charge in [0.15, 0.2) is 0 Å². The molecule has 0 heterocycles. The molecule has 0 fully saturated rings. The SMILES string of the molecule is CC(O)C(N)CNC(=O)C=Cc1ccccc1[N+](=O)[O-]. The van der Waals surface area contributed by atoms with Crippen molar-refractivity contribution in [2.24, 2.45) is 5.73 Å². The van der Waals surface area contributed by atoms with Gasteiger partial charge in [0.1, 0.15) is 0 Å². The molecule has 7 heteroatoms. The van der Waals surface area contributed by atoms with Crippen LogP contribution in [0.2, 0.25) is 0 Å². The summed E-state index contributed by atoms with van der Waals surface area (Å²) in [7, 11) is 0. The van der Waals surface area contributed by atoms with E-state index < -0.39 is 23.0 Å². The first-order chi connectivity index (χ1) is 9.41. The van der Waals surface area contributed by atoms with Gasteiger partial charge in [-0.25, -0.2) is 0 Å². The lowest BCUT2D eigenvalue weighted by Crippen LogP contribution is -2.43. The summed E-state index contributed by atoms with van der Waals surface area (Å²) in [6, 6.07) is 5.55. The molecule has 1 amide bonds. The maximum atomic E-state index is 11.5. The van der Waals surface area contributed by atoms with Crippen molar-refractivity contribution in [3.8, 4) is 0 Å². The highest BCUT2D eigenvalue weighted by atomic mass is 16.6. The summed E-state index contributed by atoms with van der Waals surface area (Å²) in [6.45, 7) is 1.65. The van der Waals surface area contributed by atoms with Crippen molar-refractivity contribution in [2.75, 3.05) is 6.54 Å². The Labute approximate surface area is 116 Å². The number of nitrogens with two attached hydrogens (primary N) is 1. The Morgan fingerprint density at radius 2 is 2.20 bits per heavy atom. The van der Waals surface area contributed by atoms with E-state index in [0.29, 0.717) is 5.56 Å². The van der Waals surface area contributed by atoms with Crippen molar-refractivity contribution in [3.63, 3.8) is 0 Å². The summed E-state index contributed by atoms with van der Waals surface area (Å²) in [5.74, 6) is -0.431. The Kier molecular flexibility index (Phi) is 5.82. The molecule has 7 nitrogen and oxygen atoms in total. The molecular formula is C13H17N3O4. The second-order valence-corrected chi connectivity index (χ2v) is 4.30. The highest BCUT2D eigenvalue weighted by molar-refractivity contribution is 5.92. The quantitative estimate of drug-likeness (QED) is 0.396. The molecule has 0 saturated carbocycles. The van der Waals surface area contributed by atoms with Crippen LogP contribution in [0.1, 0.15) is 12.5 Å². The fourth-order valence-electron chi connectivity index (χ4n) is 1.41. The Hall–Kier alpha value is -2.25. The van der Waals surface area contributed by atoms with Crippen LogP contribution in [0.4, 0.5) is 5.69 Å². The van der Waals surface area contributed by atoms with E-state index in [1.807, 2.05) is 0 Å². The number of rotatable bonds is 6. The number of amides is 1. The molecule has 0 bridgehead atoms. The van der Waals surface area contributed by atoms with E-state index >= 15 is 0 Å². The van der Waals surface area contributed by atoms with Gasteiger partial charge in [0.25, 0.3) is 5.69 Å². The first-order valence-corrected chi connectivity index (χ1v) is 6.04. The van der Waals surface area contributed by atoms with Gasteiger partial charge in [-0.05, 0) is 19.1 Å². The predicted molar refractivity (Wildman–Crippen MR) is 74.8 cm³/mol. The topological polar surface area (TPSA) is 118 Å². The first-order valence-electron chi connectivity index (χ1n) is 6.04. The summed E-state index contributed by atoms with van der Waals surface area (Å²) in [5.41, 5.74) is 5.83. The number of nitro benzene ring substituents is 1. The monoisotopic (exact) mass is 279 g/mol. The number of carbonyl (C=O) groups excluding carboxylic acids is 1. The molecule has 0 aliphatic rings. The molecule has 0 radical (unpaired) electrons. The lowest BCUT2D eigenvalue weighted by molar-refractivity contribution is -0.385. The summed E-state index contributed by atoms with van der Waals surface area (Å²) < 4.78 is 0. The van der Waals surface area contributed by atoms with Gasteiger partial charge in [-0.2, -0.15) is 0 Å². The molecule has 108 valence electrons. The zero-order valence-electron chi connectivity index (χ0n) is 11.0. The number of nitrogens with zero attached hydrogens (tertiary/aromatic N) is 1. The second kappa shape index (κ2) is 7.37. The van der Waals surface area contributed by atoms with Gasteiger partial charge >= 0.3 is 0 Å². The van der Waals surface area contributed by atoms with E-state index in [0.717, 1.165) is 0 Å². The fraction of sp³-hybridized carbons (Fsp3) is 0.308. The van der Waals surface area contributed by atoms with E-state index in [1.165, 1.54) is 25.1 Å². The Bertz CT molecular complexity index is 514. The third kappa shape index (κ3) is 4.79. The molecule has 1 aromatic carbocycles. The number of aliphatic hydroxyl groups excluding tert-OH is 1. The number of nitrogens with one attached hydrogen (secondary N) is 1. The molecule has 20 heavy (non-hydrogen) atoms. The van der Waals surface area contributed by atoms with Crippen molar-refractivity contribution >= 4 is 17.7 Å². The standard InChI is InChI=1S/C13H17N3O4/c1-9(17)11(14)8-15-13(18)7-6-10-4-2-3-5-12(10)16(19)20/h2-7,9,11,17H,8,14H2,1H3,(H,15,18). The first kappa shape index (κ1) is 15.8. The molecule has 2 unspecified atom stereocenters. The van der Waals surface area contributed by atoms with E-state index in [1.54, 1.807) is 18.2 Å². The summed E-state index contributed by atoms with van der Waals surface area (Å²) in [6.07, 6.45) is 1.83. The highest BCUT2D eigenvalue weighted by Crippen LogP contribution is 2.18. The van der Waals surface area contributed by atoms with Gasteiger partial charge in [-0.15, -0.1) is 0 Å². The molecule has 0 aliphatic heterocycles. The smallest absolute Gasteiger partial charge is 0.276 e. The van der Waals surface area contributed by atoms with Crippen molar-refractivity contribution in [1.29, 1.82) is 0 Å². The zero-order valence-corrected chi connectivity index (χ0v) is 11.0. The Morgan fingerprint density at radius 3 is 2.80 bits per heavy atom. The average molecular weight is 279 g/mol. The van der Waals surface area contributed by atoms with Crippen LogP contribution < -0.4 is 11.1 Å². The van der Waals surface area contributed by atoms with Crippen LogP contribution in [0, 0.1) is 10.1 Å². The largest absolute Gasteiger partial charge is 0.392 e. The number of hydrogen-bond donors (Lipinski definition) is 3. The molecule has 1 aromatic rings.